The summed E-state index contributed by atoms with van der Waals surface area (Å²) in [5, 5.41) is 4.68. The van der Waals surface area contributed by atoms with Gasteiger partial charge in [-0.2, -0.15) is 4.31 Å². The van der Waals surface area contributed by atoms with E-state index in [2.05, 4.69) is 42.6 Å². The van der Waals surface area contributed by atoms with Gasteiger partial charge in [0.05, 0.1) is 17.3 Å². The van der Waals surface area contributed by atoms with Crippen molar-refractivity contribution in [3.63, 3.8) is 0 Å². The van der Waals surface area contributed by atoms with Crippen molar-refractivity contribution in [2.75, 3.05) is 31.1 Å². The molecule has 5 rings (SSSR count). The molecule has 0 unspecified atom stereocenters. The van der Waals surface area contributed by atoms with Crippen LogP contribution in [0.25, 0.3) is 17.2 Å². The molecule has 1 aliphatic heterocycles. The largest absolute Gasteiger partial charge is 0.573 e. The number of amides is 1. The maximum atomic E-state index is 13.7. The average molecular weight is 664 g/mol. The quantitative estimate of drug-likeness (QED) is 0.202. The summed E-state index contributed by atoms with van der Waals surface area (Å²) in [4.78, 5) is 33.3. The molecule has 4 aromatic rings. The minimum atomic E-state index is -4.93. The number of hydrogen-bond acceptors (Lipinski definition) is 11. The molecule has 230 valence electrons. The van der Waals surface area contributed by atoms with Crippen LogP contribution >= 0.6 is 24.0 Å². The van der Waals surface area contributed by atoms with Gasteiger partial charge in [-0.15, -0.1) is 37.1 Å². The number of alkyl halides is 3. The summed E-state index contributed by atoms with van der Waals surface area (Å²) in [6.45, 7) is -0.0422. The first-order valence-electron chi connectivity index (χ1n) is 12.9. The summed E-state index contributed by atoms with van der Waals surface area (Å²) in [5.74, 6) is -0.794. The normalized spacial score (nSPS) is 16.9. The van der Waals surface area contributed by atoms with E-state index in [0.717, 1.165) is 33.4 Å². The molecule has 1 atom stereocenters. The Bertz CT molecular complexity index is 1780. The van der Waals surface area contributed by atoms with E-state index < -0.39 is 34.1 Å². The number of allylic oxidation sites excluding steroid dienone is 2. The first kappa shape index (κ1) is 31.4. The van der Waals surface area contributed by atoms with E-state index in [-0.39, 0.29) is 31.1 Å². The molecule has 0 saturated carbocycles. The standard InChI is InChI=1S/C27H24F3N7O4S3/c28-27(29,30)41-18-6-8-21(9-7-18)44(39,40)37-11-10-36(24-15-32-22-14-31-17-34-25(22)35-24)16-23(37)26(38)33-13-19(42)3-1-4-20-5-2-12-43-20/h1-9,12,14-15,17,23,42H,10-11,13,16H2,(H,33,38)/b4-1+,19-3-/t23-/m1/s1. The number of carbonyl (C=O) groups excluding carboxylic acids is 1. The number of piperazine rings is 1. The zero-order valence-electron chi connectivity index (χ0n) is 22.6. The van der Waals surface area contributed by atoms with Crippen LogP contribution in [0.2, 0.25) is 0 Å². The number of hydrogen-bond donors (Lipinski definition) is 2. The lowest BCUT2D eigenvalue weighted by atomic mass is 10.2. The number of benzene rings is 1. The number of ether oxygens (including phenoxy) is 1. The first-order chi connectivity index (χ1) is 21.0. The molecule has 44 heavy (non-hydrogen) atoms. The van der Waals surface area contributed by atoms with Gasteiger partial charge in [-0.05, 0) is 41.8 Å². The lowest BCUT2D eigenvalue weighted by Crippen LogP contribution is -2.60. The summed E-state index contributed by atoms with van der Waals surface area (Å²) in [5.41, 5.74) is 0.793. The van der Waals surface area contributed by atoms with E-state index in [1.807, 2.05) is 23.6 Å². The number of nitrogens with one attached hydrogen (secondary N) is 1. The fourth-order valence-electron chi connectivity index (χ4n) is 4.33. The topological polar surface area (TPSA) is 131 Å². The number of sulfonamides is 1. The number of nitrogens with zero attached hydrogens (tertiary/aromatic N) is 6. The van der Waals surface area contributed by atoms with Crippen molar-refractivity contribution >= 4 is 63.0 Å². The van der Waals surface area contributed by atoms with Crippen molar-refractivity contribution in [2.24, 2.45) is 0 Å². The second kappa shape index (κ2) is 13.3. The summed E-state index contributed by atoms with van der Waals surface area (Å²) >= 11 is 5.98. The van der Waals surface area contributed by atoms with Gasteiger partial charge in [0.15, 0.2) is 5.65 Å². The molecule has 0 spiro atoms. The number of halogens is 3. The molecule has 0 aliphatic carbocycles. The lowest BCUT2D eigenvalue weighted by molar-refractivity contribution is -0.274. The predicted molar refractivity (Wildman–Crippen MR) is 162 cm³/mol. The summed E-state index contributed by atoms with van der Waals surface area (Å²) in [6.07, 6.45) is 4.76. The van der Waals surface area contributed by atoms with Gasteiger partial charge < -0.3 is 15.0 Å². The monoisotopic (exact) mass is 663 g/mol. The van der Waals surface area contributed by atoms with Gasteiger partial charge >= 0.3 is 6.36 Å². The molecule has 1 aliphatic rings. The predicted octanol–water partition coefficient (Wildman–Crippen LogP) is 3.90. The fraction of sp³-hybridized carbons (Fsp3) is 0.222. The van der Waals surface area contributed by atoms with E-state index in [9.17, 15) is 26.4 Å². The van der Waals surface area contributed by atoms with Gasteiger partial charge in [-0.1, -0.05) is 18.2 Å². The zero-order valence-corrected chi connectivity index (χ0v) is 25.2. The lowest BCUT2D eigenvalue weighted by Gasteiger charge is -2.40. The molecule has 4 heterocycles. The molecular formula is C27H24F3N7O4S3. The highest BCUT2D eigenvalue weighted by Crippen LogP contribution is 2.28. The van der Waals surface area contributed by atoms with Crippen LogP contribution in [0.1, 0.15) is 4.88 Å². The molecule has 0 radical (unpaired) electrons. The Hall–Kier alpha value is -4.06. The van der Waals surface area contributed by atoms with E-state index in [4.69, 9.17) is 0 Å². The van der Waals surface area contributed by atoms with Gasteiger partial charge in [-0.25, -0.2) is 28.4 Å². The van der Waals surface area contributed by atoms with Crippen molar-refractivity contribution in [3.05, 3.63) is 82.4 Å². The number of thiophene rings is 1. The molecule has 1 fully saturated rings. The zero-order chi connectivity index (χ0) is 31.3. The Morgan fingerprint density at radius 2 is 1.95 bits per heavy atom. The molecule has 0 bridgehead atoms. The SMILES string of the molecule is O=C(NC/C(S)=C/C=C/c1cccs1)[C@H]1CN(c2cnc3cncnc3n2)CCN1S(=O)(=O)c1ccc(OC(F)(F)F)cc1. The second-order valence-electron chi connectivity index (χ2n) is 9.31. The summed E-state index contributed by atoms with van der Waals surface area (Å²) in [6, 6.07) is 6.44. The second-order valence-corrected chi connectivity index (χ2v) is 12.8. The van der Waals surface area contributed by atoms with Crippen molar-refractivity contribution in [1.29, 1.82) is 0 Å². The number of anilines is 1. The number of thiol groups is 1. The number of rotatable bonds is 9. The third-order valence-corrected chi connectivity index (χ3v) is 9.44. The van der Waals surface area contributed by atoms with E-state index in [1.54, 1.807) is 28.4 Å². The van der Waals surface area contributed by atoms with Gasteiger partial charge in [-0.3, -0.25) is 4.79 Å². The molecule has 1 saturated heterocycles. The Kier molecular flexibility index (Phi) is 9.48. The van der Waals surface area contributed by atoms with E-state index in [1.165, 1.54) is 18.7 Å². The van der Waals surface area contributed by atoms with Crippen LogP contribution in [0.5, 0.6) is 5.75 Å². The summed E-state index contributed by atoms with van der Waals surface area (Å²) < 4.78 is 70.1. The average Bonchev–Trinajstić information content (AvgIpc) is 3.52. The molecule has 3 aromatic heterocycles. The maximum absolute atomic E-state index is 13.7. The van der Waals surface area contributed by atoms with Crippen LogP contribution in [0, 0.1) is 0 Å². The van der Waals surface area contributed by atoms with Crippen LogP contribution in [0.3, 0.4) is 0 Å². The Morgan fingerprint density at radius 1 is 1.16 bits per heavy atom. The van der Waals surface area contributed by atoms with Gasteiger partial charge in [0, 0.05) is 36.0 Å². The number of carbonyl (C=O) groups is 1. The molecule has 1 N–H and O–H groups in total. The molecule has 17 heteroatoms. The Balaban J connectivity index is 1.37. The molecular weight excluding hydrogens is 640 g/mol. The highest BCUT2D eigenvalue weighted by atomic mass is 32.2. The first-order valence-corrected chi connectivity index (χ1v) is 15.7. The van der Waals surface area contributed by atoms with Crippen LogP contribution in [0.4, 0.5) is 19.0 Å². The van der Waals surface area contributed by atoms with Gasteiger partial charge in [0.2, 0.25) is 15.9 Å². The maximum Gasteiger partial charge on any atom is 0.573 e. The minimum Gasteiger partial charge on any atom is -0.406 e. The molecule has 1 aromatic carbocycles. The molecule has 1 amide bonds. The highest BCUT2D eigenvalue weighted by Gasteiger charge is 2.41. The third kappa shape index (κ3) is 7.71. The Morgan fingerprint density at radius 3 is 2.68 bits per heavy atom. The van der Waals surface area contributed by atoms with Crippen molar-refractivity contribution in [3.8, 4) is 5.75 Å². The molecule has 11 nitrogen and oxygen atoms in total. The number of fused-ring (bicyclic) bond motifs is 1. The highest BCUT2D eigenvalue weighted by molar-refractivity contribution is 7.89. The van der Waals surface area contributed by atoms with Gasteiger partial charge in [0.1, 0.15) is 29.5 Å². The minimum absolute atomic E-state index is 0.0251. The van der Waals surface area contributed by atoms with Crippen LogP contribution in [-0.2, 0) is 14.8 Å². The van der Waals surface area contributed by atoms with Crippen molar-refractivity contribution in [2.45, 2.75) is 17.3 Å². The van der Waals surface area contributed by atoms with Crippen molar-refractivity contribution in [1.82, 2.24) is 29.6 Å². The fourth-order valence-corrected chi connectivity index (χ4v) is 6.69. The van der Waals surface area contributed by atoms with Crippen molar-refractivity contribution < 1.29 is 31.1 Å². The number of aromatic nitrogens is 4. The summed E-state index contributed by atoms with van der Waals surface area (Å²) in [7, 11) is -4.33. The third-order valence-electron chi connectivity index (χ3n) is 6.37. The van der Waals surface area contributed by atoms with Crippen LogP contribution < -0.4 is 15.0 Å². The Labute approximate surface area is 259 Å². The van der Waals surface area contributed by atoms with E-state index in [0.29, 0.717) is 21.9 Å². The smallest absolute Gasteiger partial charge is 0.406 e. The van der Waals surface area contributed by atoms with Crippen LogP contribution in [-0.4, -0.2) is 77.1 Å². The van der Waals surface area contributed by atoms with Gasteiger partial charge in [0.25, 0.3) is 0 Å². The van der Waals surface area contributed by atoms with Crippen LogP contribution in [0.15, 0.2) is 82.5 Å². The van der Waals surface area contributed by atoms with E-state index >= 15 is 0 Å².